The number of fused-ring (bicyclic) bond motifs is 1. The predicted molar refractivity (Wildman–Crippen MR) is 40.2 cm³/mol. The van der Waals surface area contributed by atoms with Gasteiger partial charge in [-0.2, -0.15) is 0 Å². The van der Waals surface area contributed by atoms with Crippen molar-refractivity contribution in [3.8, 4) is 0 Å². The molecule has 2 heterocycles. The first-order valence-corrected chi connectivity index (χ1v) is 3.36. The Kier molecular flexibility index (Phi) is 1.09. The summed E-state index contributed by atoms with van der Waals surface area (Å²) < 4.78 is 0. The molecule has 2 rings (SSSR count). The van der Waals surface area contributed by atoms with Gasteiger partial charge in [0.05, 0.1) is 5.69 Å². The second-order valence-corrected chi connectivity index (χ2v) is 2.50. The van der Waals surface area contributed by atoms with Crippen molar-refractivity contribution < 1.29 is 4.98 Å². The average molecular weight is 150 g/mol. The first kappa shape index (κ1) is 6.15. The normalized spacial score (nSPS) is 10.6. The van der Waals surface area contributed by atoms with Gasteiger partial charge in [0.1, 0.15) is 0 Å². The number of aromatic amines is 3. The Morgan fingerprint density at radius 3 is 3.18 bits per heavy atom. The predicted octanol–water partition coefficient (Wildman–Crippen LogP) is -0.0213. The van der Waals surface area contributed by atoms with Crippen molar-refractivity contribution in [2.45, 2.75) is 6.92 Å². The minimum Gasteiger partial charge on any atom is -0.286 e. The lowest BCUT2D eigenvalue weighted by molar-refractivity contribution is -0.347. The Labute approximate surface area is 62.3 Å². The van der Waals surface area contributed by atoms with Crippen LogP contribution in [0.15, 0.2) is 17.2 Å². The molecule has 0 aliphatic rings. The molecule has 11 heavy (non-hydrogen) atoms. The molecule has 0 bridgehead atoms. The summed E-state index contributed by atoms with van der Waals surface area (Å²) in [5.74, 6) is 0. The molecule has 2 aromatic rings. The van der Waals surface area contributed by atoms with Gasteiger partial charge in [-0.1, -0.05) is 0 Å². The van der Waals surface area contributed by atoms with Crippen molar-refractivity contribution in [1.82, 2.24) is 9.97 Å². The fraction of sp³-hybridized carbons (Fsp3) is 0.143. The fourth-order valence-electron chi connectivity index (χ4n) is 1.12. The number of rotatable bonds is 0. The standard InChI is InChI=1S/C7H7N3O/c1-4-2-5(11)6-7(10-4)9-3-8-6/h2-3H,1H3,(H2,8,9,10,11)/p+1. The monoisotopic (exact) mass is 150 g/mol. The van der Waals surface area contributed by atoms with E-state index in [9.17, 15) is 4.79 Å². The van der Waals surface area contributed by atoms with E-state index in [0.717, 1.165) is 11.3 Å². The molecule has 0 radical (unpaired) electrons. The lowest BCUT2D eigenvalue weighted by Crippen LogP contribution is -2.06. The van der Waals surface area contributed by atoms with Crippen LogP contribution in [0.5, 0.6) is 0 Å². The van der Waals surface area contributed by atoms with E-state index in [1.165, 1.54) is 0 Å². The van der Waals surface area contributed by atoms with Gasteiger partial charge in [0.2, 0.25) is 10.9 Å². The molecule has 0 atom stereocenters. The van der Waals surface area contributed by atoms with Crippen molar-refractivity contribution in [3.05, 3.63) is 28.3 Å². The smallest absolute Gasteiger partial charge is 0.267 e. The summed E-state index contributed by atoms with van der Waals surface area (Å²) in [4.78, 5) is 19.9. The highest BCUT2D eigenvalue weighted by Crippen LogP contribution is 1.95. The van der Waals surface area contributed by atoms with E-state index >= 15 is 0 Å². The van der Waals surface area contributed by atoms with E-state index in [4.69, 9.17) is 0 Å². The molecule has 0 fully saturated rings. The molecule has 0 aliphatic heterocycles. The number of hydrogen-bond donors (Lipinski definition) is 2. The molecule has 3 N–H and O–H groups in total. The molecule has 4 nitrogen and oxygen atoms in total. The van der Waals surface area contributed by atoms with E-state index in [1.807, 2.05) is 6.92 Å². The number of pyridine rings is 1. The summed E-state index contributed by atoms with van der Waals surface area (Å²) in [6.07, 6.45) is 1.63. The number of aromatic nitrogens is 3. The lowest BCUT2D eigenvalue weighted by Gasteiger charge is -1.84. The second-order valence-electron chi connectivity index (χ2n) is 2.50. The number of nitrogens with one attached hydrogen (secondary N) is 3. The van der Waals surface area contributed by atoms with Gasteiger partial charge in [-0.15, -0.1) is 0 Å². The van der Waals surface area contributed by atoms with Crippen LogP contribution in [0.2, 0.25) is 0 Å². The Morgan fingerprint density at radius 1 is 1.55 bits per heavy atom. The van der Waals surface area contributed by atoms with Crippen LogP contribution in [-0.4, -0.2) is 9.97 Å². The van der Waals surface area contributed by atoms with Gasteiger partial charge in [0, 0.05) is 6.07 Å². The van der Waals surface area contributed by atoms with E-state index < -0.39 is 0 Å². The van der Waals surface area contributed by atoms with Gasteiger partial charge < -0.3 is 0 Å². The SMILES string of the molecule is Cc1cc(=O)c2[nH]c[nH+]c2[nH]1. The van der Waals surface area contributed by atoms with E-state index in [1.54, 1.807) is 12.4 Å². The van der Waals surface area contributed by atoms with Crippen LogP contribution < -0.4 is 10.4 Å². The second kappa shape index (κ2) is 1.95. The third-order valence-electron chi connectivity index (χ3n) is 1.60. The van der Waals surface area contributed by atoms with E-state index in [0.29, 0.717) is 5.52 Å². The molecule has 0 saturated heterocycles. The lowest BCUT2D eigenvalue weighted by atomic mass is 10.3. The summed E-state index contributed by atoms with van der Waals surface area (Å²) in [6, 6.07) is 1.56. The summed E-state index contributed by atoms with van der Waals surface area (Å²) in [5.41, 5.74) is 2.21. The summed E-state index contributed by atoms with van der Waals surface area (Å²) in [5, 5.41) is 0. The van der Waals surface area contributed by atoms with Gasteiger partial charge in [-0.3, -0.25) is 14.8 Å². The molecule has 56 valence electrons. The van der Waals surface area contributed by atoms with Crippen LogP contribution in [0.1, 0.15) is 5.69 Å². The quantitative estimate of drug-likeness (QED) is 0.544. The molecule has 0 unspecified atom stereocenters. The number of hydrogen-bond acceptors (Lipinski definition) is 1. The fourth-order valence-corrected chi connectivity index (χ4v) is 1.12. The largest absolute Gasteiger partial charge is 0.286 e. The minimum atomic E-state index is 0.0116. The van der Waals surface area contributed by atoms with Crippen LogP contribution in [0.25, 0.3) is 11.2 Å². The van der Waals surface area contributed by atoms with Gasteiger partial charge >= 0.3 is 0 Å². The number of imidazole rings is 1. The Bertz CT molecular complexity index is 440. The molecular formula is C7H8N3O+. The van der Waals surface area contributed by atoms with Crippen molar-refractivity contribution in [2.75, 3.05) is 0 Å². The highest BCUT2D eigenvalue weighted by Gasteiger charge is 2.05. The Morgan fingerprint density at radius 2 is 2.36 bits per heavy atom. The summed E-state index contributed by atoms with van der Waals surface area (Å²) in [7, 11) is 0. The highest BCUT2D eigenvalue weighted by molar-refractivity contribution is 5.65. The van der Waals surface area contributed by atoms with Crippen LogP contribution in [0.4, 0.5) is 0 Å². The van der Waals surface area contributed by atoms with Crippen molar-refractivity contribution in [2.24, 2.45) is 0 Å². The van der Waals surface area contributed by atoms with Gasteiger partial charge in [-0.25, -0.2) is 4.98 Å². The van der Waals surface area contributed by atoms with Crippen LogP contribution in [-0.2, 0) is 0 Å². The zero-order valence-corrected chi connectivity index (χ0v) is 6.06. The maximum Gasteiger partial charge on any atom is 0.267 e. The van der Waals surface area contributed by atoms with Gasteiger partial charge in [0.15, 0.2) is 6.33 Å². The van der Waals surface area contributed by atoms with Crippen LogP contribution in [0, 0.1) is 6.92 Å². The molecule has 0 aliphatic carbocycles. The molecular weight excluding hydrogens is 142 g/mol. The molecule has 4 heteroatoms. The maximum absolute atomic E-state index is 11.2. The molecule has 0 amide bonds. The minimum absolute atomic E-state index is 0.0116. The maximum atomic E-state index is 11.2. The van der Waals surface area contributed by atoms with Gasteiger partial charge in [0.25, 0.3) is 5.65 Å². The van der Waals surface area contributed by atoms with Crippen LogP contribution in [0.3, 0.4) is 0 Å². The van der Waals surface area contributed by atoms with Gasteiger partial charge in [-0.05, 0) is 6.92 Å². The summed E-state index contributed by atoms with van der Waals surface area (Å²) >= 11 is 0. The molecule has 0 aromatic carbocycles. The highest BCUT2D eigenvalue weighted by atomic mass is 16.1. The van der Waals surface area contributed by atoms with Crippen molar-refractivity contribution in [3.63, 3.8) is 0 Å². The zero-order chi connectivity index (χ0) is 7.84. The average Bonchev–Trinajstić information content (AvgIpc) is 2.34. The molecule has 0 saturated carbocycles. The Hall–Kier alpha value is -1.58. The van der Waals surface area contributed by atoms with E-state index in [2.05, 4.69) is 15.0 Å². The van der Waals surface area contributed by atoms with E-state index in [-0.39, 0.29) is 5.43 Å². The zero-order valence-electron chi connectivity index (χ0n) is 6.06. The van der Waals surface area contributed by atoms with Crippen LogP contribution >= 0.6 is 0 Å². The third-order valence-corrected chi connectivity index (χ3v) is 1.60. The Balaban J connectivity index is 3.02. The number of H-pyrrole nitrogens is 3. The number of aryl methyl sites for hydroxylation is 1. The van der Waals surface area contributed by atoms with Crippen molar-refractivity contribution >= 4 is 11.2 Å². The summed E-state index contributed by atoms with van der Waals surface area (Å²) in [6.45, 7) is 1.85. The first-order valence-electron chi connectivity index (χ1n) is 3.36. The van der Waals surface area contributed by atoms with Crippen molar-refractivity contribution in [1.29, 1.82) is 0 Å². The molecule has 0 spiro atoms. The topological polar surface area (TPSA) is 62.8 Å². The third kappa shape index (κ3) is 0.832. The first-order chi connectivity index (χ1) is 5.27. The molecule has 2 aromatic heterocycles.